The summed E-state index contributed by atoms with van der Waals surface area (Å²) < 4.78 is 5.29. The van der Waals surface area contributed by atoms with Crippen molar-refractivity contribution in [3.05, 3.63) is 29.8 Å². The average molecular weight is 422 g/mol. The molecule has 0 unspecified atom stereocenters. The molecule has 0 fully saturated rings. The van der Waals surface area contributed by atoms with Crippen LogP contribution in [0, 0.1) is 0 Å². The number of anilines is 1. The van der Waals surface area contributed by atoms with Crippen molar-refractivity contribution in [1.82, 2.24) is 10.6 Å². The Morgan fingerprint density at radius 3 is 2.59 bits per heavy atom. The molecular formula is C21H31N3O4S. The van der Waals surface area contributed by atoms with E-state index in [4.69, 9.17) is 4.74 Å². The van der Waals surface area contributed by atoms with E-state index in [0.717, 1.165) is 11.3 Å². The third-order valence-corrected chi connectivity index (χ3v) is 5.13. The number of amides is 3. The molecule has 0 radical (unpaired) electrons. The van der Waals surface area contributed by atoms with Gasteiger partial charge in [0.1, 0.15) is 17.7 Å². The van der Waals surface area contributed by atoms with E-state index in [1.54, 1.807) is 32.5 Å². The Labute approximate surface area is 176 Å². The maximum absolute atomic E-state index is 13.4. The molecule has 2 atom stereocenters. The number of hydrogen-bond donors (Lipinski definition) is 2. The van der Waals surface area contributed by atoms with E-state index in [9.17, 15) is 14.4 Å². The molecule has 7 nitrogen and oxygen atoms in total. The summed E-state index contributed by atoms with van der Waals surface area (Å²) in [5.74, 6) is 0.306. The van der Waals surface area contributed by atoms with Gasteiger partial charge >= 0.3 is 6.09 Å². The van der Waals surface area contributed by atoms with Crippen LogP contribution in [0.15, 0.2) is 24.3 Å². The first-order valence-electron chi connectivity index (χ1n) is 9.85. The first-order chi connectivity index (χ1) is 13.7. The molecule has 2 N–H and O–H groups in total. The molecule has 1 aromatic rings. The van der Waals surface area contributed by atoms with E-state index in [-0.39, 0.29) is 11.8 Å². The number of para-hydroxylation sites is 1. The Bertz CT molecular complexity index is 748. The molecule has 29 heavy (non-hydrogen) atoms. The molecule has 0 saturated carbocycles. The number of rotatable bonds is 7. The van der Waals surface area contributed by atoms with E-state index in [2.05, 4.69) is 10.6 Å². The molecule has 1 heterocycles. The van der Waals surface area contributed by atoms with Gasteiger partial charge in [-0.15, -0.1) is 0 Å². The highest BCUT2D eigenvalue weighted by Crippen LogP contribution is 2.33. The van der Waals surface area contributed by atoms with E-state index >= 15 is 0 Å². The molecule has 0 spiro atoms. The zero-order chi connectivity index (χ0) is 21.6. The number of hydrogen-bond acceptors (Lipinski definition) is 5. The number of ether oxygens (including phenoxy) is 1. The van der Waals surface area contributed by atoms with Crippen molar-refractivity contribution in [2.45, 2.75) is 58.2 Å². The first-order valence-corrected chi connectivity index (χ1v) is 11.2. The Kier molecular flexibility index (Phi) is 7.96. The number of alkyl carbamates (subject to hydrolysis) is 1. The van der Waals surface area contributed by atoms with Gasteiger partial charge in [-0.1, -0.05) is 25.1 Å². The van der Waals surface area contributed by atoms with Crippen molar-refractivity contribution in [2.24, 2.45) is 0 Å². The third kappa shape index (κ3) is 6.13. The zero-order valence-corrected chi connectivity index (χ0v) is 18.6. The van der Waals surface area contributed by atoms with Crippen molar-refractivity contribution in [1.29, 1.82) is 0 Å². The van der Waals surface area contributed by atoms with Gasteiger partial charge in [-0.25, -0.2) is 4.79 Å². The number of nitrogens with one attached hydrogen (secondary N) is 2. The Balaban J connectivity index is 2.21. The number of nitrogens with zero attached hydrogens (tertiary/aromatic N) is 1. The topological polar surface area (TPSA) is 87.7 Å². The van der Waals surface area contributed by atoms with Crippen LogP contribution in [0.4, 0.5) is 10.5 Å². The predicted molar refractivity (Wildman–Crippen MR) is 116 cm³/mol. The fourth-order valence-electron chi connectivity index (χ4n) is 3.22. The normalized spacial score (nSPS) is 16.7. The van der Waals surface area contributed by atoms with Gasteiger partial charge in [0.15, 0.2) is 0 Å². The predicted octanol–water partition coefficient (Wildman–Crippen LogP) is 2.73. The second-order valence-electron chi connectivity index (χ2n) is 7.95. The molecule has 0 aliphatic carbocycles. The van der Waals surface area contributed by atoms with Gasteiger partial charge in [-0.05, 0) is 45.1 Å². The lowest BCUT2D eigenvalue weighted by Crippen LogP contribution is -2.55. The molecule has 1 aliphatic rings. The molecule has 1 aromatic carbocycles. The van der Waals surface area contributed by atoms with Gasteiger partial charge in [-0.2, -0.15) is 11.8 Å². The Morgan fingerprint density at radius 2 is 1.97 bits per heavy atom. The molecule has 0 saturated heterocycles. The van der Waals surface area contributed by atoms with Crippen molar-refractivity contribution in [3.63, 3.8) is 0 Å². The summed E-state index contributed by atoms with van der Waals surface area (Å²) in [6.07, 6.45) is 2.17. The van der Waals surface area contributed by atoms with E-state index in [0.29, 0.717) is 25.1 Å². The van der Waals surface area contributed by atoms with Crippen molar-refractivity contribution in [3.8, 4) is 0 Å². The molecule has 0 aromatic heterocycles. The summed E-state index contributed by atoms with van der Waals surface area (Å²) in [4.78, 5) is 39.9. The van der Waals surface area contributed by atoms with Crippen LogP contribution in [-0.2, 0) is 20.7 Å². The summed E-state index contributed by atoms with van der Waals surface area (Å²) in [5, 5.41) is 5.56. The zero-order valence-electron chi connectivity index (χ0n) is 17.8. The molecule has 160 valence electrons. The lowest BCUT2D eigenvalue weighted by atomic mass is 10.1. The van der Waals surface area contributed by atoms with E-state index in [1.807, 2.05) is 37.4 Å². The van der Waals surface area contributed by atoms with Gasteiger partial charge in [0.05, 0.1) is 0 Å². The molecule has 0 bridgehead atoms. The Morgan fingerprint density at radius 1 is 1.28 bits per heavy atom. The van der Waals surface area contributed by atoms with Crippen molar-refractivity contribution >= 4 is 35.4 Å². The fraction of sp³-hybridized carbons (Fsp3) is 0.571. The van der Waals surface area contributed by atoms with Crippen LogP contribution >= 0.6 is 11.8 Å². The largest absolute Gasteiger partial charge is 0.444 e. The summed E-state index contributed by atoms with van der Waals surface area (Å²) >= 11 is 1.64. The van der Waals surface area contributed by atoms with Gasteiger partial charge in [0, 0.05) is 24.4 Å². The highest BCUT2D eigenvalue weighted by Gasteiger charge is 2.40. The fourth-order valence-corrected chi connectivity index (χ4v) is 3.52. The maximum atomic E-state index is 13.4. The van der Waals surface area contributed by atoms with Crippen LogP contribution in [0.2, 0.25) is 0 Å². The quantitative estimate of drug-likeness (QED) is 0.661. The number of fused-ring (bicyclic) bond motifs is 1. The van der Waals surface area contributed by atoms with Crippen molar-refractivity contribution < 1.29 is 19.1 Å². The SMILES string of the molecule is CC[C@H](NC(=O)OC(C)(C)C)C(=O)N1c2ccccc2C[C@H]1C(=O)NCCSC. The minimum Gasteiger partial charge on any atom is -0.444 e. The van der Waals surface area contributed by atoms with Crippen molar-refractivity contribution in [2.75, 3.05) is 23.5 Å². The standard InChI is InChI=1S/C21H31N3O4S/c1-6-15(23-20(27)28-21(2,3)4)19(26)24-16-10-8-7-9-14(16)13-17(24)18(25)22-11-12-29-5/h7-10,15,17H,6,11-13H2,1-5H3,(H,22,25)(H,23,27)/t15-,17-/m0/s1. The van der Waals surface area contributed by atoms with Crippen LogP contribution in [-0.4, -0.2) is 54.1 Å². The van der Waals surface area contributed by atoms with E-state index in [1.165, 1.54) is 4.90 Å². The summed E-state index contributed by atoms with van der Waals surface area (Å²) in [6, 6.07) is 6.09. The van der Waals surface area contributed by atoms with Gasteiger partial charge in [0.2, 0.25) is 11.8 Å². The summed E-state index contributed by atoms with van der Waals surface area (Å²) in [7, 11) is 0. The van der Waals surface area contributed by atoms with Crippen LogP contribution in [0.1, 0.15) is 39.7 Å². The minimum absolute atomic E-state index is 0.185. The molecule has 8 heteroatoms. The molecule has 3 amide bonds. The van der Waals surface area contributed by atoms with Crippen LogP contribution in [0.25, 0.3) is 0 Å². The van der Waals surface area contributed by atoms with Crippen LogP contribution in [0.5, 0.6) is 0 Å². The van der Waals surface area contributed by atoms with Gasteiger partial charge < -0.3 is 15.4 Å². The number of thioether (sulfide) groups is 1. The molecule has 1 aliphatic heterocycles. The number of carbonyl (C=O) groups excluding carboxylic acids is 3. The van der Waals surface area contributed by atoms with Crippen LogP contribution in [0.3, 0.4) is 0 Å². The average Bonchev–Trinajstić information content (AvgIpc) is 3.04. The highest BCUT2D eigenvalue weighted by atomic mass is 32.2. The Hall–Kier alpha value is -2.22. The highest BCUT2D eigenvalue weighted by molar-refractivity contribution is 7.98. The first kappa shape index (κ1) is 23.1. The number of benzene rings is 1. The third-order valence-electron chi connectivity index (χ3n) is 4.52. The smallest absolute Gasteiger partial charge is 0.408 e. The van der Waals surface area contributed by atoms with Gasteiger partial charge in [0.25, 0.3) is 0 Å². The second kappa shape index (κ2) is 10.0. The lowest BCUT2D eigenvalue weighted by molar-refractivity contribution is -0.127. The second-order valence-corrected chi connectivity index (χ2v) is 8.93. The minimum atomic E-state index is -0.780. The monoisotopic (exact) mass is 421 g/mol. The summed E-state index contributed by atoms with van der Waals surface area (Å²) in [6.45, 7) is 7.65. The lowest BCUT2D eigenvalue weighted by Gasteiger charge is -2.29. The maximum Gasteiger partial charge on any atom is 0.408 e. The number of carbonyl (C=O) groups is 3. The molecule has 2 rings (SSSR count). The van der Waals surface area contributed by atoms with Gasteiger partial charge in [-0.3, -0.25) is 14.5 Å². The summed E-state index contributed by atoms with van der Waals surface area (Å²) in [5.41, 5.74) is 0.996. The van der Waals surface area contributed by atoms with Crippen LogP contribution < -0.4 is 15.5 Å². The van der Waals surface area contributed by atoms with E-state index < -0.39 is 23.8 Å². The molecular weight excluding hydrogens is 390 g/mol.